The first-order valence-corrected chi connectivity index (χ1v) is 8.01. The molecule has 0 aliphatic heterocycles. The third-order valence-corrected chi connectivity index (χ3v) is 4.46. The van der Waals surface area contributed by atoms with E-state index in [2.05, 4.69) is 10.4 Å². The van der Waals surface area contributed by atoms with Gasteiger partial charge in [0.1, 0.15) is 0 Å². The molecular weight excluding hydrogens is 294 g/mol. The van der Waals surface area contributed by atoms with Crippen molar-refractivity contribution in [1.29, 1.82) is 0 Å². The van der Waals surface area contributed by atoms with Crippen LogP contribution >= 0.6 is 11.3 Å². The molecule has 0 bridgehead atoms. The molecule has 5 heteroatoms. The Morgan fingerprint density at radius 3 is 2.82 bits per heavy atom. The molecule has 1 unspecified atom stereocenters. The molecule has 4 nitrogen and oxygen atoms in total. The van der Waals surface area contributed by atoms with Crippen LogP contribution in [0, 0.1) is 0 Å². The number of benzene rings is 1. The monoisotopic (exact) mass is 311 g/mol. The van der Waals surface area contributed by atoms with Crippen molar-refractivity contribution in [3.8, 4) is 0 Å². The number of aromatic nitrogens is 2. The number of nitrogens with one attached hydrogen (secondary N) is 1. The molecule has 0 saturated carbocycles. The van der Waals surface area contributed by atoms with Crippen molar-refractivity contribution < 1.29 is 4.79 Å². The molecule has 2 aromatic heterocycles. The molecule has 1 aromatic carbocycles. The van der Waals surface area contributed by atoms with E-state index >= 15 is 0 Å². The lowest BCUT2D eigenvalue weighted by atomic mass is 10.2. The maximum absolute atomic E-state index is 12.3. The minimum atomic E-state index is -0.0970. The number of carbonyl (C=O) groups excluding carboxylic acids is 1. The summed E-state index contributed by atoms with van der Waals surface area (Å²) in [5.41, 5.74) is 1.74. The summed E-state index contributed by atoms with van der Waals surface area (Å²) >= 11 is 1.64. The second-order valence-corrected chi connectivity index (χ2v) is 6.10. The summed E-state index contributed by atoms with van der Waals surface area (Å²) in [4.78, 5) is 13.4. The van der Waals surface area contributed by atoms with Gasteiger partial charge in [0, 0.05) is 11.1 Å². The molecule has 0 saturated heterocycles. The van der Waals surface area contributed by atoms with Crippen LogP contribution in [-0.4, -0.2) is 15.7 Å². The van der Waals surface area contributed by atoms with Crippen molar-refractivity contribution in [2.75, 3.05) is 0 Å². The van der Waals surface area contributed by atoms with Crippen molar-refractivity contribution in [2.45, 2.75) is 19.5 Å². The molecule has 112 valence electrons. The normalized spacial score (nSPS) is 12.0. The highest BCUT2D eigenvalue weighted by Crippen LogP contribution is 2.18. The lowest BCUT2D eigenvalue weighted by Gasteiger charge is -2.10. The lowest BCUT2D eigenvalue weighted by molar-refractivity contribution is 0.0940. The van der Waals surface area contributed by atoms with Gasteiger partial charge in [-0.05, 0) is 23.9 Å². The highest BCUT2D eigenvalue weighted by atomic mass is 32.1. The van der Waals surface area contributed by atoms with Crippen LogP contribution in [0.3, 0.4) is 0 Å². The van der Waals surface area contributed by atoms with Gasteiger partial charge in [-0.15, -0.1) is 11.3 Å². The van der Waals surface area contributed by atoms with Crippen LogP contribution in [0.5, 0.6) is 0 Å². The van der Waals surface area contributed by atoms with Crippen LogP contribution in [-0.2, 0) is 6.54 Å². The van der Waals surface area contributed by atoms with E-state index in [4.69, 9.17) is 0 Å². The van der Waals surface area contributed by atoms with Gasteiger partial charge >= 0.3 is 0 Å². The Labute approximate surface area is 133 Å². The summed E-state index contributed by atoms with van der Waals surface area (Å²) in [5.74, 6) is -0.0970. The zero-order chi connectivity index (χ0) is 15.4. The zero-order valence-electron chi connectivity index (χ0n) is 12.3. The minimum Gasteiger partial charge on any atom is -0.345 e. The molecule has 3 rings (SSSR count). The van der Waals surface area contributed by atoms with E-state index in [1.807, 2.05) is 54.8 Å². The topological polar surface area (TPSA) is 46.9 Å². The van der Waals surface area contributed by atoms with Crippen LogP contribution in [0.15, 0.2) is 60.2 Å². The van der Waals surface area contributed by atoms with Crippen LogP contribution in [0.2, 0.25) is 0 Å². The molecule has 1 N–H and O–H groups in total. The predicted octanol–water partition coefficient (Wildman–Crippen LogP) is 3.48. The van der Waals surface area contributed by atoms with E-state index in [1.165, 1.54) is 0 Å². The molecule has 2 heterocycles. The molecule has 3 aromatic rings. The van der Waals surface area contributed by atoms with Crippen LogP contribution in [0.4, 0.5) is 0 Å². The molecular formula is C17H17N3OS. The van der Waals surface area contributed by atoms with E-state index in [-0.39, 0.29) is 11.9 Å². The summed E-state index contributed by atoms with van der Waals surface area (Å²) in [6.45, 7) is 2.65. The van der Waals surface area contributed by atoms with Gasteiger partial charge in [0.05, 0.1) is 24.3 Å². The zero-order valence-corrected chi connectivity index (χ0v) is 13.1. The van der Waals surface area contributed by atoms with E-state index in [0.29, 0.717) is 12.1 Å². The molecule has 0 aliphatic carbocycles. The first-order chi connectivity index (χ1) is 10.7. The Kier molecular flexibility index (Phi) is 4.34. The molecule has 0 fully saturated rings. The Morgan fingerprint density at radius 2 is 2.09 bits per heavy atom. The summed E-state index contributed by atoms with van der Waals surface area (Å²) in [6, 6.07) is 14.1. The van der Waals surface area contributed by atoms with Crippen molar-refractivity contribution in [2.24, 2.45) is 0 Å². The van der Waals surface area contributed by atoms with Crippen LogP contribution < -0.4 is 5.32 Å². The first kappa shape index (κ1) is 14.5. The number of nitrogens with zero attached hydrogens (tertiary/aromatic N) is 2. The number of rotatable bonds is 5. The summed E-state index contributed by atoms with van der Waals surface area (Å²) in [5, 5.41) is 9.26. The quantitative estimate of drug-likeness (QED) is 0.784. The number of thiophene rings is 1. The number of hydrogen-bond acceptors (Lipinski definition) is 3. The summed E-state index contributed by atoms with van der Waals surface area (Å²) in [6.07, 6.45) is 3.39. The third-order valence-electron chi connectivity index (χ3n) is 3.40. The van der Waals surface area contributed by atoms with Gasteiger partial charge in [-0.3, -0.25) is 9.48 Å². The molecule has 1 atom stereocenters. The lowest BCUT2D eigenvalue weighted by Crippen LogP contribution is -2.25. The van der Waals surface area contributed by atoms with E-state index in [1.54, 1.807) is 28.4 Å². The average Bonchev–Trinajstić information content (AvgIpc) is 3.19. The van der Waals surface area contributed by atoms with Gasteiger partial charge in [0.2, 0.25) is 0 Å². The Morgan fingerprint density at radius 1 is 1.27 bits per heavy atom. The largest absolute Gasteiger partial charge is 0.345 e. The fraction of sp³-hybridized carbons (Fsp3) is 0.176. The van der Waals surface area contributed by atoms with Gasteiger partial charge in [0.15, 0.2) is 0 Å². The van der Waals surface area contributed by atoms with E-state index < -0.39 is 0 Å². The standard InChI is InChI=1S/C17H17N3OS/c1-13(16-8-5-9-22-16)19-17(21)15-10-18-20(12-15)11-14-6-3-2-4-7-14/h2-10,12-13H,11H2,1H3,(H,19,21). The van der Waals surface area contributed by atoms with E-state index in [0.717, 1.165) is 10.4 Å². The average molecular weight is 311 g/mol. The maximum atomic E-state index is 12.3. The van der Waals surface area contributed by atoms with Crippen molar-refractivity contribution in [3.63, 3.8) is 0 Å². The molecule has 0 radical (unpaired) electrons. The maximum Gasteiger partial charge on any atom is 0.254 e. The van der Waals surface area contributed by atoms with Crippen molar-refractivity contribution >= 4 is 17.2 Å². The highest BCUT2D eigenvalue weighted by Gasteiger charge is 2.13. The third kappa shape index (κ3) is 3.43. The Balaban J connectivity index is 1.64. The van der Waals surface area contributed by atoms with Gasteiger partial charge in [-0.25, -0.2) is 0 Å². The SMILES string of the molecule is CC(NC(=O)c1cnn(Cc2ccccc2)c1)c1cccs1. The van der Waals surface area contributed by atoms with Crippen molar-refractivity contribution in [1.82, 2.24) is 15.1 Å². The van der Waals surface area contributed by atoms with Gasteiger partial charge < -0.3 is 5.32 Å². The first-order valence-electron chi connectivity index (χ1n) is 7.13. The fourth-order valence-corrected chi connectivity index (χ4v) is 2.96. The number of hydrogen-bond donors (Lipinski definition) is 1. The molecule has 0 aliphatic rings. The second-order valence-electron chi connectivity index (χ2n) is 5.12. The Bertz CT molecular complexity index is 734. The molecule has 0 spiro atoms. The van der Waals surface area contributed by atoms with Crippen LogP contribution in [0.1, 0.15) is 33.8 Å². The predicted molar refractivity (Wildman–Crippen MR) is 88.0 cm³/mol. The molecule has 22 heavy (non-hydrogen) atoms. The fourth-order valence-electron chi connectivity index (χ4n) is 2.23. The highest BCUT2D eigenvalue weighted by molar-refractivity contribution is 7.10. The van der Waals surface area contributed by atoms with Gasteiger partial charge in [-0.2, -0.15) is 5.10 Å². The Hall–Kier alpha value is -2.40. The van der Waals surface area contributed by atoms with Crippen molar-refractivity contribution in [3.05, 3.63) is 76.2 Å². The van der Waals surface area contributed by atoms with Gasteiger partial charge in [-0.1, -0.05) is 36.4 Å². The van der Waals surface area contributed by atoms with E-state index in [9.17, 15) is 4.79 Å². The minimum absolute atomic E-state index is 0.00460. The smallest absolute Gasteiger partial charge is 0.254 e. The number of carbonyl (C=O) groups is 1. The molecule has 1 amide bonds. The van der Waals surface area contributed by atoms with Gasteiger partial charge in [0.25, 0.3) is 5.91 Å². The second kappa shape index (κ2) is 6.58. The summed E-state index contributed by atoms with van der Waals surface area (Å²) < 4.78 is 1.78. The number of amides is 1. The van der Waals surface area contributed by atoms with Crippen LogP contribution in [0.25, 0.3) is 0 Å². The summed E-state index contributed by atoms with van der Waals surface area (Å²) in [7, 11) is 0.